The van der Waals surface area contributed by atoms with Crippen LogP contribution in [0, 0.1) is 19.8 Å². The molecule has 0 aliphatic carbocycles. The Balaban J connectivity index is 1.17. The van der Waals surface area contributed by atoms with Crippen LogP contribution in [0.1, 0.15) is 30.2 Å². The SMILES string of the molecule is Cc1sc2ncnc(N[C@@H](C)C(=O)N3CCC(C(=O)Nc4ccc5c(c4)OCO5)CC3)c2c1C. The van der Waals surface area contributed by atoms with Crippen molar-refractivity contribution < 1.29 is 19.1 Å². The minimum absolute atomic E-state index is 0.00555. The number of thiophene rings is 1. The second kappa shape index (κ2) is 9.09. The Hall–Kier alpha value is -3.40. The second-order valence-corrected chi connectivity index (χ2v) is 9.91. The third-order valence-corrected chi connectivity index (χ3v) is 7.62. The van der Waals surface area contributed by atoms with Crippen LogP contribution in [-0.4, -0.2) is 52.6 Å². The highest BCUT2D eigenvalue weighted by Gasteiger charge is 2.30. The summed E-state index contributed by atoms with van der Waals surface area (Å²) in [6, 6.07) is 4.93. The number of hydrogen-bond acceptors (Lipinski definition) is 8. The number of nitrogens with one attached hydrogen (secondary N) is 2. The number of anilines is 2. The number of nitrogens with zero attached hydrogens (tertiary/aromatic N) is 3. The molecule has 2 aliphatic rings. The molecule has 0 spiro atoms. The fourth-order valence-electron chi connectivity index (χ4n) is 4.41. The standard InChI is InChI=1S/C24H27N5O4S/c1-13-15(3)34-23-20(13)21(25-11-26-23)27-14(2)24(31)29-8-6-16(7-9-29)22(30)28-17-4-5-18-19(10-17)33-12-32-18/h4-5,10-11,14,16H,6-9,12H2,1-3H3,(H,28,30)(H,25,26,27)/t14-/m0/s1. The van der Waals surface area contributed by atoms with Crippen molar-refractivity contribution in [3.8, 4) is 11.5 Å². The molecule has 5 rings (SSSR count). The summed E-state index contributed by atoms with van der Waals surface area (Å²) in [5.74, 6) is 1.82. The van der Waals surface area contributed by atoms with Gasteiger partial charge in [-0.1, -0.05) is 0 Å². The molecule has 178 valence electrons. The van der Waals surface area contributed by atoms with Gasteiger partial charge in [0.2, 0.25) is 18.6 Å². The topological polar surface area (TPSA) is 106 Å². The van der Waals surface area contributed by atoms with E-state index in [9.17, 15) is 9.59 Å². The van der Waals surface area contributed by atoms with Gasteiger partial charge in [0.1, 0.15) is 23.0 Å². The summed E-state index contributed by atoms with van der Waals surface area (Å²) in [5.41, 5.74) is 1.82. The Labute approximate surface area is 201 Å². The van der Waals surface area contributed by atoms with E-state index in [2.05, 4.69) is 34.4 Å². The van der Waals surface area contributed by atoms with Crippen LogP contribution in [0.4, 0.5) is 11.5 Å². The summed E-state index contributed by atoms with van der Waals surface area (Å²) >= 11 is 1.63. The average Bonchev–Trinajstić information content (AvgIpc) is 3.42. The fourth-order valence-corrected chi connectivity index (χ4v) is 5.41. The molecule has 0 unspecified atom stereocenters. The normalized spacial score (nSPS) is 16.5. The van der Waals surface area contributed by atoms with Gasteiger partial charge in [-0.15, -0.1) is 11.3 Å². The van der Waals surface area contributed by atoms with Crippen molar-refractivity contribution >= 4 is 44.9 Å². The monoisotopic (exact) mass is 481 g/mol. The molecule has 1 saturated heterocycles. The molecule has 1 atom stereocenters. The Morgan fingerprint density at radius 3 is 2.71 bits per heavy atom. The number of fused-ring (bicyclic) bond motifs is 2. The van der Waals surface area contributed by atoms with Gasteiger partial charge < -0.3 is 25.0 Å². The lowest BCUT2D eigenvalue weighted by molar-refractivity contribution is -0.134. The molecule has 4 heterocycles. The number of ether oxygens (including phenoxy) is 2. The molecule has 3 aromatic rings. The second-order valence-electron chi connectivity index (χ2n) is 8.71. The summed E-state index contributed by atoms with van der Waals surface area (Å²) in [7, 11) is 0. The van der Waals surface area contributed by atoms with Gasteiger partial charge >= 0.3 is 0 Å². The third-order valence-electron chi connectivity index (χ3n) is 6.51. The average molecular weight is 482 g/mol. The summed E-state index contributed by atoms with van der Waals surface area (Å²) in [6.45, 7) is 7.24. The molecular weight excluding hydrogens is 454 g/mol. The van der Waals surface area contributed by atoms with Crippen LogP contribution in [0.5, 0.6) is 11.5 Å². The van der Waals surface area contributed by atoms with E-state index < -0.39 is 6.04 Å². The highest BCUT2D eigenvalue weighted by atomic mass is 32.1. The van der Waals surface area contributed by atoms with E-state index in [1.807, 2.05) is 11.8 Å². The van der Waals surface area contributed by atoms with Crippen molar-refractivity contribution in [2.45, 2.75) is 39.7 Å². The Kier molecular flexibility index (Phi) is 5.99. The van der Waals surface area contributed by atoms with Crippen LogP contribution in [0.15, 0.2) is 24.5 Å². The Morgan fingerprint density at radius 2 is 1.91 bits per heavy atom. The number of aromatic nitrogens is 2. The fraction of sp³-hybridized carbons (Fsp3) is 0.417. The highest BCUT2D eigenvalue weighted by molar-refractivity contribution is 7.18. The zero-order valence-electron chi connectivity index (χ0n) is 19.4. The lowest BCUT2D eigenvalue weighted by Gasteiger charge is -2.33. The molecule has 1 aromatic carbocycles. The van der Waals surface area contributed by atoms with Crippen molar-refractivity contribution in [2.24, 2.45) is 5.92 Å². The van der Waals surface area contributed by atoms with Crippen LogP contribution in [0.25, 0.3) is 10.2 Å². The number of aryl methyl sites for hydroxylation is 2. The maximum absolute atomic E-state index is 13.1. The molecule has 34 heavy (non-hydrogen) atoms. The van der Waals surface area contributed by atoms with Gasteiger partial charge in [-0.3, -0.25) is 9.59 Å². The third kappa shape index (κ3) is 4.25. The predicted molar refractivity (Wildman–Crippen MR) is 130 cm³/mol. The van der Waals surface area contributed by atoms with Crippen molar-refractivity contribution in [1.29, 1.82) is 0 Å². The van der Waals surface area contributed by atoms with Crippen molar-refractivity contribution in [2.75, 3.05) is 30.5 Å². The van der Waals surface area contributed by atoms with E-state index in [1.54, 1.807) is 29.5 Å². The van der Waals surface area contributed by atoms with E-state index >= 15 is 0 Å². The van der Waals surface area contributed by atoms with Gasteiger partial charge in [0.15, 0.2) is 11.5 Å². The molecule has 0 radical (unpaired) electrons. The van der Waals surface area contributed by atoms with Crippen LogP contribution in [0.2, 0.25) is 0 Å². The number of carbonyl (C=O) groups excluding carboxylic acids is 2. The summed E-state index contributed by atoms with van der Waals surface area (Å²) in [4.78, 5) is 38.6. The number of piperidine rings is 1. The van der Waals surface area contributed by atoms with Crippen molar-refractivity contribution in [1.82, 2.24) is 14.9 Å². The molecule has 2 aliphatic heterocycles. The number of likely N-dealkylation sites (tertiary alicyclic amines) is 1. The van der Waals surface area contributed by atoms with Crippen LogP contribution < -0.4 is 20.1 Å². The first kappa shape index (κ1) is 22.4. The predicted octanol–water partition coefficient (Wildman–Crippen LogP) is 3.71. The quantitative estimate of drug-likeness (QED) is 0.572. The number of rotatable bonds is 5. The number of hydrogen-bond donors (Lipinski definition) is 2. The molecule has 2 aromatic heterocycles. The van der Waals surface area contributed by atoms with Gasteiger partial charge in [-0.2, -0.15) is 0 Å². The summed E-state index contributed by atoms with van der Waals surface area (Å²) in [5, 5.41) is 7.22. The van der Waals surface area contributed by atoms with Crippen LogP contribution in [0.3, 0.4) is 0 Å². The maximum atomic E-state index is 13.1. The van der Waals surface area contributed by atoms with Crippen LogP contribution >= 0.6 is 11.3 Å². The lowest BCUT2D eigenvalue weighted by atomic mass is 9.95. The molecule has 10 heteroatoms. The summed E-state index contributed by atoms with van der Waals surface area (Å²) < 4.78 is 10.7. The maximum Gasteiger partial charge on any atom is 0.244 e. The number of carbonyl (C=O) groups is 2. The first-order valence-electron chi connectivity index (χ1n) is 11.4. The van der Waals surface area contributed by atoms with E-state index in [0.29, 0.717) is 48.9 Å². The van der Waals surface area contributed by atoms with Crippen LogP contribution in [-0.2, 0) is 9.59 Å². The van der Waals surface area contributed by atoms with E-state index in [4.69, 9.17) is 9.47 Å². The van der Waals surface area contributed by atoms with E-state index in [-0.39, 0.29) is 24.5 Å². The highest BCUT2D eigenvalue weighted by Crippen LogP contribution is 2.35. The van der Waals surface area contributed by atoms with E-state index in [0.717, 1.165) is 15.8 Å². The van der Waals surface area contributed by atoms with Gasteiger partial charge in [-0.05, 0) is 51.3 Å². The molecule has 9 nitrogen and oxygen atoms in total. The number of amides is 2. The Bertz CT molecular complexity index is 1250. The van der Waals surface area contributed by atoms with Gasteiger partial charge in [0.05, 0.1) is 5.39 Å². The Morgan fingerprint density at radius 1 is 1.15 bits per heavy atom. The van der Waals surface area contributed by atoms with Gasteiger partial charge in [0, 0.05) is 35.6 Å². The molecule has 1 fully saturated rings. The van der Waals surface area contributed by atoms with Crippen molar-refractivity contribution in [3.63, 3.8) is 0 Å². The van der Waals surface area contributed by atoms with E-state index in [1.165, 1.54) is 11.2 Å². The molecule has 2 N–H and O–H groups in total. The van der Waals surface area contributed by atoms with Crippen molar-refractivity contribution in [3.05, 3.63) is 35.0 Å². The minimum atomic E-state index is -0.434. The van der Waals surface area contributed by atoms with Gasteiger partial charge in [0.25, 0.3) is 0 Å². The zero-order chi connectivity index (χ0) is 23.8. The first-order chi connectivity index (χ1) is 16.4. The molecular formula is C24H27N5O4S. The summed E-state index contributed by atoms with van der Waals surface area (Å²) in [6.07, 6.45) is 2.77. The minimum Gasteiger partial charge on any atom is -0.454 e. The largest absolute Gasteiger partial charge is 0.454 e. The molecule has 0 saturated carbocycles. The molecule has 2 amide bonds. The first-order valence-corrected chi connectivity index (χ1v) is 12.2. The molecule has 0 bridgehead atoms. The van der Waals surface area contributed by atoms with Gasteiger partial charge in [-0.25, -0.2) is 9.97 Å². The lowest BCUT2D eigenvalue weighted by Crippen LogP contribution is -2.47. The smallest absolute Gasteiger partial charge is 0.244 e. The number of benzene rings is 1. The zero-order valence-corrected chi connectivity index (χ0v) is 20.2.